The third-order valence-corrected chi connectivity index (χ3v) is 1.19. The van der Waals surface area contributed by atoms with Crippen LogP contribution in [-0.4, -0.2) is 16.9 Å². The van der Waals surface area contributed by atoms with Gasteiger partial charge in [0.2, 0.25) is 0 Å². The van der Waals surface area contributed by atoms with Gasteiger partial charge >= 0.3 is 5.97 Å². The molecule has 10 heavy (non-hydrogen) atoms. The van der Waals surface area contributed by atoms with Crippen LogP contribution < -0.4 is 0 Å². The maximum Gasteiger partial charge on any atom is 0.322 e. The third kappa shape index (κ3) is 3.88. The fraction of sp³-hybridized carbons (Fsp3) is 0.714. The summed E-state index contributed by atoms with van der Waals surface area (Å²) in [5, 5.41) is 0. The van der Waals surface area contributed by atoms with Gasteiger partial charge in [0.25, 0.3) is 0 Å². The summed E-state index contributed by atoms with van der Waals surface area (Å²) in [7, 11) is 0. The number of alkyl halides is 1. The Morgan fingerprint density at radius 3 is 2.50 bits per heavy atom. The molecule has 0 aliphatic rings. The van der Waals surface area contributed by atoms with Gasteiger partial charge < -0.3 is 4.74 Å². The second-order valence-corrected chi connectivity index (χ2v) is 4.44. The first kappa shape index (κ1) is 9.95. The highest BCUT2D eigenvalue weighted by Crippen LogP contribution is 2.17. The SMILES string of the molecule is [CH2]CCOC(=O)C(C)(C)Br. The van der Waals surface area contributed by atoms with Gasteiger partial charge in [-0.3, -0.25) is 4.79 Å². The minimum Gasteiger partial charge on any atom is -0.465 e. The number of carbonyl (C=O) groups is 1. The second-order valence-electron chi connectivity index (χ2n) is 2.46. The molecular formula is C7H12BrO2. The number of hydrogen-bond donors (Lipinski definition) is 0. The van der Waals surface area contributed by atoms with Crippen molar-refractivity contribution < 1.29 is 9.53 Å². The van der Waals surface area contributed by atoms with Crippen molar-refractivity contribution in [1.82, 2.24) is 0 Å². The molecule has 0 aromatic rings. The van der Waals surface area contributed by atoms with E-state index < -0.39 is 4.32 Å². The van der Waals surface area contributed by atoms with E-state index in [4.69, 9.17) is 4.74 Å². The summed E-state index contributed by atoms with van der Waals surface area (Å²) >= 11 is 3.18. The van der Waals surface area contributed by atoms with E-state index >= 15 is 0 Å². The van der Waals surface area contributed by atoms with E-state index in [1.807, 2.05) is 0 Å². The minimum absolute atomic E-state index is 0.240. The van der Waals surface area contributed by atoms with Crippen molar-refractivity contribution in [3.05, 3.63) is 6.92 Å². The normalized spacial score (nSPS) is 11.2. The van der Waals surface area contributed by atoms with Gasteiger partial charge in [0.05, 0.1) is 6.61 Å². The molecular weight excluding hydrogens is 196 g/mol. The maximum absolute atomic E-state index is 10.9. The Morgan fingerprint density at radius 1 is 1.70 bits per heavy atom. The molecule has 0 saturated carbocycles. The standard InChI is InChI=1S/C7H12BrO2/c1-4-5-10-6(9)7(2,3)8/h1,4-5H2,2-3H3. The fourth-order valence-electron chi connectivity index (χ4n) is 0.336. The van der Waals surface area contributed by atoms with Crippen LogP contribution >= 0.6 is 15.9 Å². The molecule has 0 N–H and O–H groups in total. The summed E-state index contributed by atoms with van der Waals surface area (Å²) in [5.74, 6) is -0.240. The van der Waals surface area contributed by atoms with Crippen molar-refractivity contribution in [2.45, 2.75) is 24.6 Å². The Bertz CT molecular complexity index is 115. The lowest BCUT2D eigenvalue weighted by molar-refractivity contribution is -0.145. The highest BCUT2D eigenvalue weighted by molar-refractivity contribution is 9.10. The zero-order valence-electron chi connectivity index (χ0n) is 6.32. The molecule has 59 valence electrons. The quantitative estimate of drug-likeness (QED) is 0.523. The van der Waals surface area contributed by atoms with E-state index in [0.717, 1.165) is 0 Å². The average Bonchev–Trinajstić information content (AvgIpc) is 1.80. The van der Waals surface area contributed by atoms with Gasteiger partial charge in [0.15, 0.2) is 0 Å². The van der Waals surface area contributed by atoms with Crippen LogP contribution in [0.25, 0.3) is 0 Å². The summed E-state index contributed by atoms with van der Waals surface area (Å²) in [5.41, 5.74) is 0. The van der Waals surface area contributed by atoms with Crippen molar-refractivity contribution in [2.75, 3.05) is 6.61 Å². The van der Waals surface area contributed by atoms with Crippen LogP contribution in [0.15, 0.2) is 0 Å². The van der Waals surface area contributed by atoms with Crippen LogP contribution in [0.4, 0.5) is 0 Å². The number of esters is 1. The first-order chi connectivity index (χ1) is 4.48. The van der Waals surface area contributed by atoms with Gasteiger partial charge in [-0.1, -0.05) is 15.9 Å². The fourth-order valence-corrected chi connectivity index (χ4v) is 0.451. The van der Waals surface area contributed by atoms with Crippen molar-refractivity contribution >= 4 is 21.9 Å². The molecule has 0 fully saturated rings. The van der Waals surface area contributed by atoms with Crippen LogP contribution in [-0.2, 0) is 9.53 Å². The highest BCUT2D eigenvalue weighted by Gasteiger charge is 2.24. The Hall–Kier alpha value is -0.0500. The van der Waals surface area contributed by atoms with Crippen molar-refractivity contribution in [3.63, 3.8) is 0 Å². The minimum atomic E-state index is -0.567. The van der Waals surface area contributed by atoms with Crippen LogP contribution in [0.5, 0.6) is 0 Å². The maximum atomic E-state index is 10.9. The lowest BCUT2D eigenvalue weighted by atomic mass is 10.2. The Kier molecular flexibility index (Phi) is 3.94. The van der Waals surface area contributed by atoms with Crippen molar-refractivity contribution in [1.29, 1.82) is 0 Å². The largest absolute Gasteiger partial charge is 0.465 e. The topological polar surface area (TPSA) is 26.3 Å². The predicted octanol–water partition coefficient (Wildman–Crippen LogP) is 1.93. The molecule has 0 aliphatic carbocycles. The lowest BCUT2D eigenvalue weighted by Gasteiger charge is -2.13. The van der Waals surface area contributed by atoms with E-state index in [2.05, 4.69) is 22.9 Å². The summed E-state index contributed by atoms with van der Waals surface area (Å²) < 4.78 is 4.24. The summed E-state index contributed by atoms with van der Waals surface area (Å²) in [6, 6.07) is 0. The number of rotatable bonds is 3. The van der Waals surface area contributed by atoms with Gasteiger partial charge in [0, 0.05) is 0 Å². The Balaban J connectivity index is 3.64. The van der Waals surface area contributed by atoms with Crippen LogP contribution in [0.1, 0.15) is 20.3 Å². The molecule has 0 amide bonds. The lowest BCUT2D eigenvalue weighted by Crippen LogP contribution is -2.26. The number of halogens is 1. The number of hydrogen-bond acceptors (Lipinski definition) is 2. The third-order valence-electron chi connectivity index (χ3n) is 0.863. The molecule has 0 aliphatic heterocycles. The smallest absolute Gasteiger partial charge is 0.322 e. The first-order valence-electron chi connectivity index (χ1n) is 3.14. The number of ether oxygens (including phenoxy) is 1. The summed E-state index contributed by atoms with van der Waals surface area (Å²) in [6.07, 6.45) is 0.620. The highest BCUT2D eigenvalue weighted by atomic mass is 79.9. The molecule has 0 unspecified atom stereocenters. The molecule has 2 nitrogen and oxygen atoms in total. The van der Waals surface area contributed by atoms with Crippen LogP contribution in [0, 0.1) is 6.92 Å². The van der Waals surface area contributed by atoms with E-state index in [1.165, 1.54) is 0 Å². The molecule has 0 rings (SSSR count). The average molecular weight is 208 g/mol. The molecule has 0 saturated heterocycles. The number of carbonyl (C=O) groups excluding carboxylic acids is 1. The molecule has 0 bridgehead atoms. The van der Waals surface area contributed by atoms with Crippen molar-refractivity contribution in [2.24, 2.45) is 0 Å². The summed E-state index contributed by atoms with van der Waals surface area (Å²) in [6.45, 7) is 7.44. The zero-order chi connectivity index (χ0) is 8.20. The molecule has 0 aromatic heterocycles. The molecule has 0 spiro atoms. The Labute approximate surface area is 70.1 Å². The van der Waals surface area contributed by atoms with E-state index in [0.29, 0.717) is 13.0 Å². The summed E-state index contributed by atoms with van der Waals surface area (Å²) in [4.78, 5) is 10.9. The first-order valence-corrected chi connectivity index (χ1v) is 3.93. The van der Waals surface area contributed by atoms with Gasteiger partial charge in [-0.2, -0.15) is 0 Å². The van der Waals surface area contributed by atoms with Crippen molar-refractivity contribution in [3.8, 4) is 0 Å². The second kappa shape index (κ2) is 3.96. The molecule has 0 aromatic carbocycles. The molecule has 1 radical (unpaired) electrons. The zero-order valence-corrected chi connectivity index (χ0v) is 7.90. The van der Waals surface area contributed by atoms with E-state index in [1.54, 1.807) is 13.8 Å². The van der Waals surface area contributed by atoms with Gasteiger partial charge in [-0.25, -0.2) is 0 Å². The van der Waals surface area contributed by atoms with Gasteiger partial charge in [-0.15, -0.1) is 0 Å². The van der Waals surface area contributed by atoms with Gasteiger partial charge in [0.1, 0.15) is 4.32 Å². The molecule has 3 heteroatoms. The molecule has 0 atom stereocenters. The van der Waals surface area contributed by atoms with Gasteiger partial charge in [-0.05, 0) is 27.2 Å². The van der Waals surface area contributed by atoms with E-state index in [-0.39, 0.29) is 5.97 Å². The Morgan fingerprint density at radius 2 is 2.20 bits per heavy atom. The molecule has 0 heterocycles. The monoisotopic (exact) mass is 207 g/mol. The van der Waals surface area contributed by atoms with Crippen LogP contribution in [0.3, 0.4) is 0 Å². The predicted molar refractivity (Wildman–Crippen MR) is 43.9 cm³/mol. The van der Waals surface area contributed by atoms with E-state index in [9.17, 15) is 4.79 Å². The van der Waals surface area contributed by atoms with Crippen LogP contribution in [0.2, 0.25) is 0 Å².